The van der Waals surface area contributed by atoms with Gasteiger partial charge in [0.05, 0.1) is 11.6 Å². The lowest BCUT2D eigenvalue weighted by molar-refractivity contribution is 0.269. The Hall–Kier alpha value is -1.71. The Morgan fingerprint density at radius 2 is 1.81 bits per heavy atom. The van der Waals surface area contributed by atoms with E-state index in [0.29, 0.717) is 29.7 Å². The molecule has 26 heavy (non-hydrogen) atoms. The number of rotatable bonds is 9. The molecule has 0 radical (unpaired) electrons. The van der Waals surface area contributed by atoms with Crippen molar-refractivity contribution < 1.29 is 9.47 Å². The van der Waals surface area contributed by atoms with Crippen LogP contribution in [0.1, 0.15) is 50.8 Å². The second-order valence-electron chi connectivity index (χ2n) is 7.21. The van der Waals surface area contributed by atoms with E-state index in [4.69, 9.17) is 21.1 Å². The first-order chi connectivity index (χ1) is 12.3. The maximum absolute atomic E-state index is 6.52. The fourth-order valence-corrected chi connectivity index (χ4v) is 2.84. The smallest absolute Gasteiger partial charge is 0.180 e. The van der Waals surface area contributed by atoms with E-state index in [1.165, 1.54) is 5.56 Å². The second-order valence-corrected chi connectivity index (χ2v) is 7.61. The van der Waals surface area contributed by atoms with Crippen molar-refractivity contribution in [3.05, 3.63) is 58.1 Å². The molecular weight excluding hydrogens is 346 g/mol. The van der Waals surface area contributed by atoms with E-state index >= 15 is 0 Å². The maximum atomic E-state index is 6.52. The number of nitrogens with one attached hydrogen (secondary N) is 1. The SMILES string of the molecule is CCOc1cc(CNC(C)(C)CC)cc(Cl)c1OCc1cccc(C)c1. The minimum Gasteiger partial charge on any atom is -0.490 e. The highest BCUT2D eigenvalue weighted by molar-refractivity contribution is 6.32. The number of hydrogen-bond acceptors (Lipinski definition) is 3. The predicted molar refractivity (Wildman–Crippen MR) is 109 cm³/mol. The number of halogens is 1. The van der Waals surface area contributed by atoms with Gasteiger partial charge in [0, 0.05) is 12.1 Å². The topological polar surface area (TPSA) is 30.5 Å². The van der Waals surface area contributed by atoms with E-state index in [2.05, 4.69) is 45.1 Å². The fourth-order valence-electron chi connectivity index (χ4n) is 2.55. The standard InChI is InChI=1S/C22H30ClNO2/c1-6-22(4,5)24-14-18-12-19(23)21(20(13-18)25-7-2)26-15-17-10-8-9-16(3)11-17/h8-13,24H,6-7,14-15H2,1-5H3. The summed E-state index contributed by atoms with van der Waals surface area (Å²) in [5, 5.41) is 4.13. The molecule has 0 spiro atoms. The molecule has 0 amide bonds. The Morgan fingerprint density at radius 3 is 2.46 bits per heavy atom. The van der Waals surface area contributed by atoms with Crippen LogP contribution in [0, 0.1) is 6.92 Å². The first-order valence-corrected chi connectivity index (χ1v) is 9.61. The van der Waals surface area contributed by atoms with Crippen LogP contribution >= 0.6 is 11.6 Å². The summed E-state index contributed by atoms with van der Waals surface area (Å²) < 4.78 is 11.8. The van der Waals surface area contributed by atoms with Crippen molar-refractivity contribution in [1.29, 1.82) is 0 Å². The van der Waals surface area contributed by atoms with Crippen molar-refractivity contribution in [3.63, 3.8) is 0 Å². The highest BCUT2D eigenvalue weighted by Gasteiger charge is 2.16. The van der Waals surface area contributed by atoms with Crippen LogP contribution in [0.25, 0.3) is 0 Å². The van der Waals surface area contributed by atoms with Crippen LogP contribution in [0.15, 0.2) is 36.4 Å². The van der Waals surface area contributed by atoms with Gasteiger partial charge in [-0.05, 0) is 57.4 Å². The minimum atomic E-state index is 0.0819. The monoisotopic (exact) mass is 375 g/mol. The number of benzene rings is 2. The molecule has 1 N–H and O–H groups in total. The summed E-state index contributed by atoms with van der Waals surface area (Å²) in [4.78, 5) is 0. The van der Waals surface area contributed by atoms with E-state index in [9.17, 15) is 0 Å². The van der Waals surface area contributed by atoms with Crippen LogP contribution in [-0.4, -0.2) is 12.1 Å². The van der Waals surface area contributed by atoms with Crippen LogP contribution in [0.4, 0.5) is 0 Å². The van der Waals surface area contributed by atoms with Crippen LogP contribution in [0.3, 0.4) is 0 Å². The quantitative estimate of drug-likeness (QED) is 0.591. The Labute approximate surface area is 162 Å². The molecule has 0 aliphatic carbocycles. The van der Waals surface area contributed by atoms with Crippen molar-refractivity contribution >= 4 is 11.6 Å². The first-order valence-electron chi connectivity index (χ1n) is 9.23. The van der Waals surface area contributed by atoms with Gasteiger partial charge in [-0.15, -0.1) is 0 Å². The Balaban J connectivity index is 2.17. The van der Waals surface area contributed by atoms with Crippen molar-refractivity contribution in [1.82, 2.24) is 5.32 Å². The summed E-state index contributed by atoms with van der Waals surface area (Å²) in [7, 11) is 0. The lowest BCUT2D eigenvalue weighted by Crippen LogP contribution is -2.37. The summed E-state index contributed by atoms with van der Waals surface area (Å²) >= 11 is 6.52. The van der Waals surface area contributed by atoms with Gasteiger partial charge < -0.3 is 14.8 Å². The van der Waals surface area contributed by atoms with Gasteiger partial charge in [-0.3, -0.25) is 0 Å². The molecular formula is C22H30ClNO2. The summed E-state index contributed by atoms with van der Waals surface area (Å²) in [6, 6.07) is 12.2. The van der Waals surface area contributed by atoms with Gasteiger partial charge in [-0.2, -0.15) is 0 Å². The molecule has 2 aromatic carbocycles. The molecule has 0 saturated heterocycles. The molecule has 3 nitrogen and oxygen atoms in total. The number of hydrogen-bond donors (Lipinski definition) is 1. The third kappa shape index (κ3) is 5.93. The van der Waals surface area contributed by atoms with Crippen LogP contribution < -0.4 is 14.8 Å². The maximum Gasteiger partial charge on any atom is 0.180 e. The predicted octanol–water partition coefficient (Wildman–Crippen LogP) is 5.90. The first kappa shape index (κ1) is 20.6. The Morgan fingerprint density at radius 1 is 1.04 bits per heavy atom. The molecule has 0 bridgehead atoms. The van der Waals surface area contributed by atoms with Gasteiger partial charge in [0.1, 0.15) is 6.61 Å². The molecule has 4 heteroatoms. The minimum absolute atomic E-state index is 0.0819. The van der Waals surface area contributed by atoms with E-state index < -0.39 is 0 Å². The van der Waals surface area contributed by atoms with E-state index in [1.54, 1.807) is 0 Å². The molecule has 0 atom stereocenters. The van der Waals surface area contributed by atoms with Crippen LogP contribution in [0.2, 0.25) is 5.02 Å². The van der Waals surface area contributed by atoms with E-state index in [1.807, 2.05) is 31.2 Å². The van der Waals surface area contributed by atoms with Gasteiger partial charge in [-0.25, -0.2) is 0 Å². The molecule has 0 fully saturated rings. The molecule has 2 rings (SSSR count). The van der Waals surface area contributed by atoms with Crippen LogP contribution in [0.5, 0.6) is 11.5 Å². The van der Waals surface area contributed by atoms with Gasteiger partial charge >= 0.3 is 0 Å². The summed E-state index contributed by atoms with van der Waals surface area (Å²) in [6.45, 7) is 12.4. The second kappa shape index (κ2) is 9.29. The largest absolute Gasteiger partial charge is 0.490 e. The zero-order chi connectivity index (χ0) is 19.2. The average molecular weight is 376 g/mol. The summed E-state index contributed by atoms with van der Waals surface area (Å²) in [5.41, 5.74) is 3.49. The van der Waals surface area contributed by atoms with E-state index in [0.717, 1.165) is 24.1 Å². The third-order valence-electron chi connectivity index (χ3n) is 4.49. The van der Waals surface area contributed by atoms with Gasteiger partial charge in [0.2, 0.25) is 0 Å². The van der Waals surface area contributed by atoms with Crippen molar-refractivity contribution in [2.24, 2.45) is 0 Å². The Bertz CT molecular complexity index is 728. The molecule has 0 aromatic heterocycles. The van der Waals surface area contributed by atoms with Crippen molar-refractivity contribution in [3.8, 4) is 11.5 Å². The number of ether oxygens (including phenoxy) is 2. The summed E-state index contributed by atoms with van der Waals surface area (Å²) in [5.74, 6) is 1.30. The molecule has 0 saturated carbocycles. The zero-order valence-electron chi connectivity index (χ0n) is 16.5. The lowest BCUT2D eigenvalue weighted by Gasteiger charge is -2.25. The highest BCUT2D eigenvalue weighted by Crippen LogP contribution is 2.37. The van der Waals surface area contributed by atoms with Gasteiger partial charge in [-0.1, -0.05) is 48.4 Å². The molecule has 2 aromatic rings. The van der Waals surface area contributed by atoms with Gasteiger partial charge in [0.25, 0.3) is 0 Å². The van der Waals surface area contributed by atoms with E-state index in [-0.39, 0.29) is 5.54 Å². The molecule has 142 valence electrons. The van der Waals surface area contributed by atoms with Crippen LogP contribution in [-0.2, 0) is 13.2 Å². The van der Waals surface area contributed by atoms with Crippen molar-refractivity contribution in [2.75, 3.05) is 6.61 Å². The van der Waals surface area contributed by atoms with Gasteiger partial charge in [0.15, 0.2) is 11.5 Å². The van der Waals surface area contributed by atoms with Crippen molar-refractivity contribution in [2.45, 2.75) is 59.7 Å². The highest BCUT2D eigenvalue weighted by atomic mass is 35.5. The zero-order valence-corrected chi connectivity index (χ0v) is 17.2. The molecule has 0 heterocycles. The number of aryl methyl sites for hydroxylation is 1. The molecule has 0 unspecified atom stereocenters. The molecule has 0 aliphatic heterocycles. The normalized spacial score (nSPS) is 11.5. The molecule has 0 aliphatic rings. The fraction of sp³-hybridized carbons (Fsp3) is 0.455. The summed E-state index contributed by atoms with van der Waals surface area (Å²) in [6.07, 6.45) is 1.05. The average Bonchev–Trinajstić information content (AvgIpc) is 2.60. The lowest BCUT2D eigenvalue weighted by atomic mass is 10.0. The Kier molecular flexibility index (Phi) is 7.36. The third-order valence-corrected chi connectivity index (χ3v) is 4.77.